The highest BCUT2D eigenvalue weighted by atomic mass is 31.1. The van der Waals surface area contributed by atoms with Gasteiger partial charge in [-0.15, -0.1) is 0 Å². The van der Waals surface area contributed by atoms with E-state index >= 15 is 0 Å². The summed E-state index contributed by atoms with van der Waals surface area (Å²) in [5.41, 5.74) is 7.93. The molecule has 1 heterocycles. The Kier molecular flexibility index (Phi) is 7.18. The molecule has 0 radical (unpaired) electrons. The lowest BCUT2D eigenvalue weighted by Crippen LogP contribution is -2.22. The Labute approximate surface area is 248 Å². The van der Waals surface area contributed by atoms with Crippen molar-refractivity contribution in [1.29, 1.82) is 0 Å². The van der Waals surface area contributed by atoms with E-state index in [1.807, 2.05) is 0 Å². The maximum absolute atomic E-state index is 5.62. The summed E-state index contributed by atoms with van der Waals surface area (Å²) in [6, 6.07) is 58.7. The molecule has 0 spiro atoms. The minimum Gasteiger partial charge on any atom is -0.246 e. The van der Waals surface area contributed by atoms with Crippen molar-refractivity contribution in [3.63, 3.8) is 0 Å². The molecule has 0 saturated carbocycles. The molecule has 1 nitrogen and oxygen atoms in total. The minimum atomic E-state index is -0.811. The molecule has 200 valence electrons. The standard InChI is InChI=1S/C40H30NP/c1-29-17-16-27-35-37(29)40(41-39(31-20-8-3-9-21-31)38(35)30-18-6-2-7-19-30)34-26-14-15-28-36(34)42(32-22-10-4-11-23-32)33-24-12-5-13-25-33/h2-28H,1H3. The highest BCUT2D eigenvalue weighted by molar-refractivity contribution is 7.80. The summed E-state index contributed by atoms with van der Waals surface area (Å²) in [6.45, 7) is 2.21. The number of benzene rings is 6. The molecule has 0 saturated heterocycles. The molecular weight excluding hydrogens is 525 g/mol. The highest BCUT2D eigenvalue weighted by Gasteiger charge is 2.24. The van der Waals surface area contributed by atoms with Crippen LogP contribution in [0, 0.1) is 6.92 Å². The fraction of sp³-hybridized carbons (Fsp3) is 0.0250. The van der Waals surface area contributed by atoms with Gasteiger partial charge < -0.3 is 0 Å². The fourth-order valence-electron chi connectivity index (χ4n) is 5.89. The van der Waals surface area contributed by atoms with Crippen molar-refractivity contribution in [2.75, 3.05) is 0 Å². The van der Waals surface area contributed by atoms with Crippen molar-refractivity contribution in [2.45, 2.75) is 6.92 Å². The van der Waals surface area contributed by atoms with Gasteiger partial charge in [0.15, 0.2) is 0 Å². The molecule has 1 aromatic heterocycles. The Morgan fingerprint density at radius 3 is 1.60 bits per heavy atom. The number of rotatable bonds is 6. The van der Waals surface area contributed by atoms with Crippen molar-refractivity contribution in [3.05, 3.63) is 169 Å². The molecule has 0 fully saturated rings. The second-order valence-electron chi connectivity index (χ2n) is 10.4. The van der Waals surface area contributed by atoms with Crippen LogP contribution in [0.4, 0.5) is 0 Å². The second-order valence-corrected chi connectivity index (χ2v) is 12.6. The molecule has 0 atom stereocenters. The predicted molar refractivity (Wildman–Crippen MR) is 181 cm³/mol. The molecule has 6 aromatic carbocycles. The van der Waals surface area contributed by atoms with Gasteiger partial charge in [0.2, 0.25) is 0 Å². The predicted octanol–water partition coefficient (Wildman–Crippen LogP) is 9.30. The summed E-state index contributed by atoms with van der Waals surface area (Å²) in [5, 5.41) is 6.41. The molecule has 0 bridgehead atoms. The number of hydrogen-bond donors (Lipinski definition) is 0. The van der Waals surface area contributed by atoms with E-state index in [9.17, 15) is 0 Å². The van der Waals surface area contributed by atoms with Crippen LogP contribution < -0.4 is 15.9 Å². The highest BCUT2D eigenvalue weighted by Crippen LogP contribution is 2.44. The third-order valence-electron chi connectivity index (χ3n) is 7.78. The first-order chi connectivity index (χ1) is 20.8. The molecule has 0 N–H and O–H groups in total. The molecular formula is C40H30NP. The molecule has 0 amide bonds. The number of nitrogens with zero attached hydrogens (tertiary/aromatic N) is 1. The summed E-state index contributed by atoms with van der Waals surface area (Å²) in [7, 11) is -0.811. The number of aromatic nitrogens is 1. The third kappa shape index (κ3) is 4.83. The minimum absolute atomic E-state index is 0.811. The van der Waals surface area contributed by atoms with Gasteiger partial charge in [0.1, 0.15) is 0 Å². The molecule has 0 aliphatic heterocycles. The number of aryl methyl sites for hydroxylation is 1. The molecule has 2 heteroatoms. The van der Waals surface area contributed by atoms with Gasteiger partial charge in [-0.1, -0.05) is 164 Å². The number of hydrogen-bond acceptors (Lipinski definition) is 1. The van der Waals surface area contributed by atoms with E-state index in [4.69, 9.17) is 4.98 Å². The molecule has 42 heavy (non-hydrogen) atoms. The summed E-state index contributed by atoms with van der Waals surface area (Å²) in [5.74, 6) is 0. The first-order valence-corrected chi connectivity index (χ1v) is 15.7. The van der Waals surface area contributed by atoms with E-state index in [1.54, 1.807) is 0 Å². The summed E-state index contributed by atoms with van der Waals surface area (Å²) >= 11 is 0. The van der Waals surface area contributed by atoms with Crippen LogP contribution in [-0.2, 0) is 0 Å². The Morgan fingerprint density at radius 1 is 0.452 bits per heavy atom. The van der Waals surface area contributed by atoms with Gasteiger partial charge in [0.05, 0.1) is 11.4 Å². The van der Waals surface area contributed by atoms with E-state index in [-0.39, 0.29) is 0 Å². The van der Waals surface area contributed by atoms with Crippen molar-refractivity contribution < 1.29 is 0 Å². The van der Waals surface area contributed by atoms with Gasteiger partial charge in [-0.25, -0.2) is 4.98 Å². The zero-order valence-corrected chi connectivity index (χ0v) is 24.4. The van der Waals surface area contributed by atoms with Gasteiger partial charge >= 0.3 is 0 Å². The number of fused-ring (bicyclic) bond motifs is 1. The lowest BCUT2D eigenvalue weighted by molar-refractivity contribution is 1.34. The average Bonchev–Trinajstić information content (AvgIpc) is 3.06. The Hall–Kier alpha value is -4.84. The third-order valence-corrected chi connectivity index (χ3v) is 10.3. The topological polar surface area (TPSA) is 12.9 Å². The first kappa shape index (κ1) is 26.1. The van der Waals surface area contributed by atoms with E-state index in [2.05, 4.69) is 171 Å². The maximum atomic E-state index is 5.62. The van der Waals surface area contributed by atoms with Crippen molar-refractivity contribution in [3.8, 4) is 33.6 Å². The van der Waals surface area contributed by atoms with Crippen LogP contribution in [0.15, 0.2) is 164 Å². The Balaban J connectivity index is 1.58. The molecule has 7 aromatic rings. The van der Waals surface area contributed by atoms with E-state index in [0.29, 0.717) is 0 Å². The summed E-state index contributed by atoms with van der Waals surface area (Å²) in [4.78, 5) is 5.62. The quantitative estimate of drug-likeness (QED) is 0.186. The van der Waals surface area contributed by atoms with Gasteiger partial charge in [-0.2, -0.15) is 0 Å². The Bertz CT molecular complexity index is 1930. The van der Waals surface area contributed by atoms with E-state index in [1.165, 1.54) is 48.9 Å². The summed E-state index contributed by atoms with van der Waals surface area (Å²) < 4.78 is 0. The zero-order chi connectivity index (χ0) is 28.3. The lowest BCUT2D eigenvalue weighted by Gasteiger charge is -2.24. The van der Waals surface area contributed by atoms with Crippen LogP contribution in [0.2, 0.25) is 0 Å². The smallest absolute Gasteiger partial charge is 0.0797 e. The van der Waals surface area contributed by atoms with Crippen LogP contribution >= 0.6 is 7.92 Å². The van der Waals surface area contributed by atoms with Crippen LogP contribution in [0.3, 0.4) is 0 Å². The van der Waals surface area contributed by atoms with Crippen molar-refractivity contribution in [2.24, 2.45) is 0 Å². The van der Waals surface area contributed by atoms with Gasteiger partial charge in [0.25, 0.3) is 0 Å². The average molecular weight is 556 g/mol. The molecule has 0 aliphatic rings. The van der Waals surface area contributed by atoms with Crippen LogP contribution in [0.25, 0.3) is 44.4 Å². The zero-order valence-electron chi connectivity index (χ0n) is 23.5. The van der Waals surface area contributed by atoms with Crippen molar-refractivity contribution in [1.82, 2.24) is 4.98 Å². The van der Waals surface area contributed by atoms with Crippen LogP contribution in [0.5, 0.6) is 0 Å². The van der Waals surface area contributed by atoms with Gasteiger partial charge in [0, 0.05) is 22.1 Å². The monoisotopic (exact) mass is 555 g/mol. The molecule has 0 aliphatic carbocycles. The number of pyridine rings is 1. The van der Waals surface area contributed by atoms with Crippen molar-refractivity contribution >= 4 is 34.6 Å². The normalized spacial score (nSPS) is 11.2. The second kappa shape index (κ2) is 11.6. The van der Waals surface area contributed by atoms with E-state index in [0.717, 1.165) is 17.0 Å². The van der Waals surface area contributed by atoms with Gasteiger partial charge in [-0.3, -0.25) is 0 Å². The fourth-order valence-corrected chi connectivity index (χ4v) is 8.34. The SMILES string of the molecule is Cc1cccc2c(-c3ccccc3)c(-c3ccccc3)nc(-c3ccccc3P(c3ccccc3)c3ccccc3)c12. The van der Waals surface area contributed by atoms with Crippen LogP contribution in [-0.4, -0.2) is 4.98 Å². The van der Waals surface area contributed by atoms with Crippen LogP contribution in [0.1, 0.15) is 5.56 Å². The summed E-state index contributed by atoms with van der Waals surface area (Å²) in [6.07, 6.45) is 0. The molecule has 7 rings (SSSR count). The van der Waals surface area contributed by atoms with E-state index < -0.39 is 7.92 Å². The maximum Gasteiger partial charge on any atom is 0.0797 e. The largest absolute Gasteiger partial charge is 0.246 e. The first-order valence-electron chi connectivity index (χ1n) is 14.3. The lowest BCUT2D eigenvalue weighted by atomic mass is 9.90. The van der Waals surface area contributed by atoms with Gasteiger partial charge in [-0.05, 0) is 47.3 Å². The Morgan fingerprint density at radius 2 is 0.976 bits per heavy atom. The molecule has 0 unspecified atom stereocenters.